The summed E-state index contributed by atoms with van der Waals surface area (Å²) >= 11 is 1.20. The van der Waals surface area contributed by atoms with Crippen LogP contribution in [0.3, 0.4) is 0 Å². The van der Waals surface area contributed by atoms with Gasteiger partial charge in [-0.05, 0) is 74.2 Å². The Morgan fingerprint density at radius 1 is 1.13 bits per heavy atom. The third-order valence-electron chi connectivity index (χ3n) is 8.42. The summed E-state index contributed by atoms with van der Waals surface area (Å²) in [4.78, 5) is 2.56. The Hall–Kier alpha value is -2.77. The second-order valence-electron chi connectivity index (χ2n) is 12.0. The molecular formula is C33H40F4N3O3PS. The van der Waals surface area contributed by atoms with Crippen LogP contribution in [0.15, 0.2) is 36.4 Å². The van der Waals surface area contributed by atoms with Crippen LogP contribution in [0, 0.1) is 11.8 Å². The summed E-state index contributed by atoms with van der Waals surface area (Å²) in [5.41, 5.74) is 1.40. The molecule has 1 aromatic heterocycles. The van der Waals surface area contributed by atoms with Crippen LogP contribution in [0.4, 0.5) is 28.9 Å². The second kappa shape index (κ2) is 14.3. The van der Waals surface area contributed by atoms with E-state index in [1.54, 1.807) is 49.7 Å². The highest BCUT2D eigenvalue weighted by atomic mass is 32.1. The fraction of sp³-hybridized carbons (Fsp3) is 0.515. The molecule has 6 nitrogen and oxygen atoms in total. The van der Waals surface area contributed by atoms with Gasteiger partial charge in [0.05, 0.1) is 47.1 Å². The number of nitrogens with zero attached hydrogens (tertiary/aromatic N) is 1. The summed E-state index contributed by atoms with van der Waals surface area (Å²) < 4.78 is 80.7. The number of benzene rings is 2. The van der Waals surface area contributed by atoms with Crippen molar-refractivity contribution in [1.29, 1.82) is 0 Å². The molecule has 3 atom stereocenters. The van der Waals surface area contributed by atoms with Crippen molar-refractivity contribution >= 4 is 45.2 Å². The van der Waals surface area contributed by atoms with Gasteiger partial charge in [0.1, 0.15) is 19.1 Å². The highest BCUT2D eigenvalue weighted by Crippen LogP contribution is 2.40. The Kier molecular flexibility index (Phi) is 10.7. The monoisotopic (exact) mass is 665 g/mol. The lowest BCUT2D eigenvalue weighted by Crippen LogP contribution is -2.51. The molecule has 12 heteroatoms. The molecular weight excluding hydrogens is 625 g/mol. The summed E-state index contributed by atoms with van der Waals surface area (Å²) in [6.45, 7) is 6.06. The molecule has 3 heterocycles. The smallest absolute Gasteiger partial charge is 0.393 e. The number of ether oxygens (including phenoxy) is 2. The predicted octanol–water partition coefficient (Wildman–Crippen LogP) is 7.12. The molecule has 0 amide bonds. The summed E-state index contributed by atoms with van der Waals surface area (Å²) in [5, 5.41) is 7.64. The van der Waals surface area contributed by atoms with Crippen LogP contribution >= 0.6 is 18.5 Å². The van der Waals surface area contributed by atoms with Crippen LogP contribution in [-0.4, -0.2) is 82.6 Å². The normalized spacial score (nSPS) is 21.5. The molecule has 2 saturated heterocycles. The number of fused-ring (bicyclic) bond motifs is 1. The van der Waals surface area contributed by atoms with Gasteiger partial charge in [-0.15, -0.1) is 11.3 Å². The van der Waals surface area contributed by atoms with Crippen LogP contribution in [0.25, 0.3) is 10.1 Å². The number of thiophene rings is 1. The molecule has 2 aromatic carbocycles. The van der Waals surface area contributed by atoms with Crippen molar-refractivity contribution in [3.63, 3.8) is 0 Å². The van der Waals surface area contributed by atoms with E-state index in [1.165, 1.54) is 18.4 Å². The average Bonchev–Trinajstić information content (AvgIpc) is 3.14. The topological polar surface area (TPSA) is 62.8 Å². The second-order valence-corrected chi connectivity index (χ2v) is 16.3. The first-order valence-electron chi connectivity index (χ1n) is 15.2. The van der Waals surface area contributed by atoms with Crippen molar-refractivity contribution in [2.45, 2.75) is 56.5 Å². The quantitative estimate of drug-likeness (QED) is 0.152. The maximum absolute atomic E-state index is 15.5. The fourth-order valence-electron chi connectivity index (χ4n) is 6.06. The minimum atomic E-state index is -4.42. The van der Waals surface area contributed by atoms with Gasteiger partial charge in [0.2, 0.25) is 0 Å². The lowest BCUT2D eigenvalue weighted by Gasteiger charge is -2.39. The highest BCUT2D eigenvalue weighted by Gasteiger charge is 2.34. The zero-order chi connectivity index (χ0) is 32.2. The minimum absolute atomic E-state index is 0.129. The van der Waals surface area contributed by atoms with Gasteiger partial charge in [-0.3, -0.25) is 4.90 Å². The van der Waals surface area contributed by atoms with E-state index in [9.17, 15) is 17.7 Å². The van der Waals surface area contributed by atoms with Crippen LogP contribution in [0.5, 0.6) is 5.75 Å². The molecule has 3 aromatic rings. The highest BCUT2D eigenvalue weighted by molar-refractivity contribution is 7.70. The SMILES string of the molecule is COc1cc(P(C)(C)=O)ccc1NCC#Cc1sc2c(N[C@@H]3CCN(C4CCCOCC4)C[C@@H]3F)cccc2c1CC(F)(F)F. The Labute approximate surface area is 266 Å². The number of anilines is 2. The summed E-state index contributed by atoms with van der Waals surface area (Å²) in [6.07, 6.45) is -3.14. The van der Waals surface area contributed by atoms with Crippen LogP contribution in [0.1, 0.15) is 36.1 Å². The number of hydrogen-bond donors (Lipinski definition) is 2. The number of hydrogen-bond acceptors (Lipinski definition) is 7. The first-order valence-corrected chi connectivity index (χ1v) is 18.6. The van der Waals surface area contributed by atoms with E-state index in [1.807, 2.05) is 0 Å². The molecule has 0 saturated carbocycles. The van der Waals surface area contributed by atoms with Crippen LogP contribution in [0.2, 0.25) is 0 Å². The van der Waals surface area contributed by atoms with E-state index in [0.29, 0.717) is 63.0 Å². The number of methoxy groups -OCH3 is 1. The number of rotatable bonds is 8. The van der Waals surface area contributed by atoms with Crippen molar-refractivity contribution < 1.29 is 31.6 Å². The summed E-state index contributed by atoms with van der Waals surface area (Å²) in [7, 11) is -0.962. The number of piperidine rings is 1. The van der Waals surface area contributed by atoms with Crippen LogP contribution < -0.4 is 20.7 Å². The zero-order valence-corrected chi connectivity index (χ0v) is 27.5. The van der Waals surface area contributed by atoms with Crippen LogP contribution in [-0.2, 0) is 15.7 Å². The summed E-state index contributed by atoms with van der Waals surface area (Å²) in [6, 6.07) is 10.3. The lowest BCUT2D eigenvalue weighted by atomic mass is 9.98. The largest absolute Gasteiger partial charge is 0.495 e. The van der Waals surface area contributed by atoms with Gasteiger partial charge in [0.25, 0.3) is 0 Å². The van der Waals surface area contributed by atoms with Gasteiger partial charge in [0.15, 0.2) is 0 Å². The van der Waals surface area contributed by atoms with Gasteiger partial charge < -0.3 is 24.7 Å². The maximum Gasteiger partial charge on any atom is 0.393 e. The molecule has 0 aliphatic carbocycles. The Balaban J connectivity index is 1.34. The third kappa shape index (κ3) is 8.53. The van der Waals surface area contributed by atoms with E-state index in [0.717, 1.165) is 32.4 Å². The third-order valence-corrected chi connectivity index (χ3v) is 11.1. The Morgan fingerprint density at radius 2 is 1.96 bits per heavy atom. The zero-order valence-electron chi connectivity index (χ0n) is 25.8. The average molecular weight is 666 g/mol. The molecule has 244 valence electrons. The maximum atomic E-state index is 15.5. The van der Waals surface area contributed by atoms with E-state index in [-0.39, 0.29) is 12.1 Å². The first-order chi connectivity index (χ1) is 21.4. The number of likely N-dealkylation sites (tertiary alicyclic amines) is 1. The Morgan fingerprint density at radius 3 is 2.69 bits per heavy atom. The van der Waals surface area contributed by atoms with Gasteiger partial charge in [-0.2, -0.15) is 13.2 Å². The van der Waals surface area contributed by atoms with Crippen molar-refractivity contribution in [2.24, 2.45) is 0 Å². The molecule has 0 spiro atoms. The molecule has 2 fully saturated rings. The lowest BCUT2D eigenvalue weighted by molar-refractivity contribution is -0.126. The Bertz CT molecular complexity index is 1590. The van der Waals surface area contributed by atoms with E-state index in [2.05, 4.69) is 27.4 Å². The molecule has 2 aliphatic heterocycles. The van der Waals surface area contributed by atoms with Gasteiger partial charge in [-0.25, -0.2) is 4.39 Å². The number of nitrogens with one attached hydrogen (secondary N) is 2. The summed E-state index contributed by atoms with van der Waals surface area (Å²) in [5.74, 6) is 6.42. The van der Waals surface area contributed by atoms with Crippen molar-refractivity contribution in [2.75, 3.05) is 63.9 Å². The van der Waals surface area contributed by atoms with E-state index < -0.39 is 32.0 Å². The van der Waals surface area contributed by atoms with Crippen molar-refractivity contribution in [3.05, 3.63) is 46.8 Å². The van der Waals surface area contributed by atoms with Crippen molar-refractivity contribution in [3.8, 4) is 17.6 Å². The molecule has 0 bridgehead atoms. The molecule has 2 aliphatic rings. The molecule has 1 unspecified atom stereocenters. The molecule has 45 heavy (non-hydrogen) atoms. The standard InChI is InChI=1S/C33H40F4N3O3PS/c1-42-30-19-23(44(2,3)41)11-12-28(30)38-15-5-10-31-25(20-33(35,36)37)24-8-4-9-29(32(24)45-31)39-27-13-16-40(21-26(27)34)22-7-6-17-43-18-14-22/h4,8-9,11-12,19,22,26-27,38-39H,6-7,13-18,20-21H2,1-3H3/t22?,26-,27+/m0/s1. The van der Waals surface area contributed by atoms with Gasteiger partial charge in [0, 0.05) is 37.6 Å². The molecule has 2 N–H and O–H groups in total. The van der Waals surface area contributed by atoms with Crippen molar-refractivity contribution in [1.82, 2.24) is 4.90 Å². The molecule has 5 rings (SSSR count). The van der Waals surface area contributed by atoms with E-state index in [4.69, 9.17) is 9.47 Å². The minimum Gasteiger partial charge on any atom is -0.495 e. The molecule has 0 radical (unpaired) electrons. The predicted molar refractivity (Wildman–Crippen MR) is 176 cm³/mol. The fourth-order valence-corrected chi connectivity index (χ4v) is 8.09. The number of alkyl halides is 4. The van der Waals surface area contributed by atoms with Gasteiger partial charge >= 0.3 is 6.18 Å². The first kappa shape index (κ1) is 33.6. The van der Waals surface area contributed by atoms with Gasteiger partial charge in [-0.1, -0.05) is 24.0 Å². The number of halogens is 4. The van der Waals surface area contributed by atoms with E-state index >= 15 is 4.39 Å².